The molecule has 1 heterocycles. The Balaban J connectivity index is 2.03. The number of hydrogen-bond acceptors (Lipinski definition) is 6. The lowest BCUT2D eigenvalue weighted by atomic mass is 10.1. The fourth-order valence-corrected chi connectivity index (χ4v) is 3.73. The number of carboxylic acids is 1. The second-order valence-electron chi connectivity index (χ2n) is 6.80. The van der Waals surface area contributed by atoms with Gasteiger partial charge in [0.05, 0.1) is 39.6 Å². The van der Waals surface area contributed by atoms with Gasteiger partial charge in [-0.05, 0) is 37.5 Å². The number of anilines is 2. The molecule has 9 nitrogen and oxygen atoms in total. The van der Waals surface area contributed by atoms with Crippen molar-refractivity contribution >= 4 is 40.5 Å². The van der Waals surface area contributed by atoms with E-state index in [0.717, 1.165) is 32.4 Å². The van der Waals surface area contributed by atoms with Crippen molar-refractivity contribution in [2.75, 3.05) is 30.4 Å². The number of nitro benzene ring substituents is 1. The number of amides is 1. The number of halogens is 1. The summed E-state index contributed by atoms with van der Waals surface area (Å²) in [5.74, 6) is -1.75. The standard InChI is InChI=1S/C20H20ClN3O6/c1-30-18-15(21)9-12(20(26)27)10-16(18)22-19(25)14-11-13(24(28)29)5-6-17(14)23-7-3-2-4-8-23/h5-6,9-11H,2-4,7-8H2,1H3,(H,22,25)(H,26,27). The molecule has 1 aliphatic rings. The molecule has 0 atom stereocenters. The van der Waals surface area contributed by atoms with Gasteiger partial charge in [-0.25, -0.2) is 4.79 Å². The molecule has 0 spiro atoms. The molecule has 2 aromatic carbocycles. The van der Waals surface area contributed by atoms with Gasteiger partial charge in [-0.2, -0.15) is 0 Å². The molecule has 10 heteroatoms. The van der Waals surface area contributed by atoms with Crippen molar-refractivity contribution < 1.29 is 24.4 Å². The van der Waals surface area contributed by atoms with E-state index in [1.165, 1.54) is 31.4 Å². The van der Waals surface area contributed by atoms with Crippen LogP contribution in [0.4, 0.5) is 17.1 Å². The molecule has 1 amide bonds. The number of nitrogens with one attached hydrogen (secondary N) is 1. The molecule has 2 aromatic rings. The Morgan fingerprint density at radius 1 is 1.20 bits per heavy atom. The van der Waals surface area contributed by atoms with Crippen LogP contribution in [0.25, 0.3) is 0 Å². The molecule has 0 unspecified atom stereocenters. The summed E-state index contributed by atoms with van der Waals surface area (Å²) in [7, 11) is 1.34. The second-order valence-corrected chi connectivity index (χ2v) is 7.21. The highest BCUT2D eigenvalue weighted by Gasteiger charge is 2.24. The lowest BCUT2D eigenvalue weighted by Crippen LogP contribution is -2.31. The Morgan fingerprint density at radius 3 is 2.50 bits per heavy atom. The van der Waals surface area contributed by atoms with Crippen LogP contribution in [0.5, 0.6) is 5.75 Å². The Hall–Kier alpha value is -3.33. The predicted molar refractivity (Wildman–Crippen MR) is 112 cm³/mol. The molecule has 2 N–H and O–H groups in total. The molecule has 30 heavy (non-hydrogen) atoms. The van der Waals surface area contributed by atoms with Gasteiger partial charge in [-0.3, -0.25) is 14.9 Å². The summed E-state index contributed by atoms with van der Waals surface area (Å²) in [5.41, 5.74) is 0.405. The molecule has 1 aliphatic heterocycles. The molecule has 0 radical (unpaired) electrons. The maximum Gasteiger partial charge on any atom is 0.335 e. The molecule has 0 aliphatic carbocycles. The van der Waals surface area contributed by atoms with Gasteiger partial charge in [0.15, 0.2) is 5.75 Å². The third-order valence-corrected chi connectivity index (χ3v) is 5.16. The molecular formula is C20H20ClN3O6. The first kappa shape index (κ1) is 21.4. The summed E-state index contributed by atoms with van der Waals surface area (Å²) in [6, 6.07) is 6.58. The first-order valence-corrected chi connectivity index (χ1v) is 9.65. The lowest BCUT2D eigenvalue weighted by Gasteiger charge is -2.30. The van der Waals surface area contributed by atoms with Crippen molar-refractivity contribution in [3.63, 3.8) is 0 Å². The van der Waals surface area contributed by atoms with Crippen molar-refractivity contribution in [2.24, 2.45) is 0 Å². The number of piperidine rings is 1. The number of carboxylic acid groups (broad SMARTS) is 1. The highest BCUT2D eigenvalue weighted by molar-refractivity contribution is 6.33. The van der Waals surface area contributed by atoms with E-state index in [0.29, 0.717) is 5.69 Å². The van der Waals surface area contributed by atoms with E-state index >= 15 is 0 Å². The van der Waals surface area contributed by atoms with Gasteiger partial charge in [0, 0.05) is 25.2 Å². The SMILES string of the molecule is COc1c(Cl)cc(C(=O)O)cc1NC(=O)c1cc([N+](=O)[O-])ccc1N1CCCCC1. The van der Waals surface area contributed by atoms with E-state index in [-0.39, 0.29) is 33.3 Å². The lowest BCUT2D eigenvalue weighted by molar-refractivity contribution is -0.384. The normalized spacial score (nSPS) is 13.6. The number of carbonyl (C=O) groups excluding carboxylic acids is 1. The highest BCUT2D eigenvalue weighted by Crippen LogP contribution is 2.36. The van der Waals surface area contributed by atoms with Crippen molar-refractivity contribution in [3.8, 4) is 5.75 Å². The summed E-state index contributed by atoms with van der Waals surface area (Å²) in [5, 5.41) is 23.1. The van der Waals surface area contributed by atoms with Crippen LogP contribution in [0.15, 0.2) is 30.3 Å². The van der Waals surface area contributed by atoms with Crippen LogP contribution in [0.2, 0.25) is 5.02 Å². The number of ether oxygens (including phenoxy) is 1. The minimum atomic E-state index is -1.22. The monoisotopic (exact) mass is 433 g/mol. The number of benzene rings is 2. The Bertz CT molecular complexity index is 1000. The van der Waals surface area contributed by atoms with E-state index in [4.69, 9.17) is 16.3 Å². The molecule has 3 rings (SSSR count). The number of methoxy groups -OCH3 is 1. The molecule has 158 valence electrons. The third-order valence-electron chi connectivity index (χ3n) is 4.88. The van der Waals surface area contributed by atoms with Crippen molar-refractivity contribution in [1.82, 2.24) is 0 Å². The number of nitrogens with zero attached hydrogens (tertiary/aromatic N) is 2. The van der Waals surface area contributed by atoms with Gasteiger partial charge < -0.3 is 20.1 Å². The largest absolute Gasteiger partial charge is 0.493 e. The van der Waals surface area contributed by atoms with Gasteiger partial charge in [0.2, 0.25) is 0 Å². The number of nitro groups is 1. The van der Waals surface area contributed by atoms with Gasteiger partial charge >= 0.3 is 5.97 Å². The number of non-ortho nitro benzene ring substituents is 1. The van der Waals surface area contributed by atoms with Crippen molar-refractivity contribution in [3.05, 3.63) is 56.6 Å². The van der Waals surface area contributed by atoms with Gasteiger partial charge in [0.25, 0.3) is 11.6 Å². The highest BCUT2D eigenvalue weighted by atomic mass is 35.5. The second kappa shape index (κ2) is 9.00. The minimum absolute atomic E-state index is 0.0167. The molecular weight excluding hydrogens is 414 g/mol. The van der Waals surface area contributed by atoms with E-state index < -0.39 is 16.8 Å². The summed E-state index contributed by atoms with van der Waals surface area (Å²) in [6.07, 6.45) is 3.01. The fourth-order valence-electron chi connectivity index (χ4n) is 3.44. The molecule has 0 aromatic heterocycles. The van der Waals surface area contributed by atoms with Gasteiger partial charge in [0.1, 0.15) is 0 Å². The van der Waals surface area contributed by atoms with E-state index in [1.807, 2.05) is 4.90 Å². The van der Waals surface area contributed by atoms with Crippen LogP contribution in [-0.4, -0.2) is 42.1 Å². The predicted octanol–water partition coefficient (Wildman–Crippen LogP) is 4.20. The van der Waals surface area contributed by atoms with Crippen LogP contribution < -0.4 is 15.0 Å². The molecule has 0 bridgehead atoms. The first-order chi connectivity index (χ1) is 14.3. The van der Waals surface area contributed by atoms with Crippen molar-refractivity contribution in [1.29, 1.82) is 0 Å². The van der Waals surface area contributed by atoms with Gasteiger partial charge in [-0.15, -0.1) is 0 Å². The smallest absolute Gasteiger partial charge is 0.335 e. The fraction of sp³-hybridized carbons (Fsp3) is 0.300. The maximum absolute atomic E-state index is 13.1. The van der Waals surface area contributed by atoms with E-state index in [1.54, 1.807) is 6.07 Å². The maximum atomic E-state index is 13.1. The molecule has 0 saturated carbocycles. The Morgan fingerprint density at radius 2 is 1.90 bits per heavy atom. The van der Waals surface area contributed by atoms with Crippen LogP contribution >= 0.6 is 11.6 Å². The quantitative estimate of drug-likeness (QED) is 0.517. The number of rotatable bonds is 6. The van der Waals surface area contributed by atoms with Crippen LogP contribution in [0, 0.1) is 10.1 Å². The van der Waals surface area contributed by atoms with E-state index in [9.17, 15) is 24.8 Å². The Kier molecular flexibility index (Phi) is 6.41. The first-order valence-electron chi connectivity index (χ1n) is 9.27. The summed E-state index contributed by atoms with van der Waals surface area (Å²) in [4.78, 5) is 37.1. The number of hydrogen-bond donors (Lipinski definition) is 2. The van der Waals surface area contributed by atoms with Crippen LogP contribution in [-0.2, 0) is 0 Å². The van der Waals surface area contributed by atoms with Crippen LogP contribution in [0.3, 0.4) is 0 Å². The zero-order chi connectivity index (χ0) is 21.8. The summed E-state index contributed by atoms with van der Waals surface area (Å²) >= 11 is 6.09. The van der Waals surface area contributed by atoms with Crippen LogP contribution in [0.1, 0.15) is 40.0 Å². The molecule has 1 fully saturated rings. The molecule has 1 saturated heterocycles. The van der Waals surface area contributed by atoms with Gasteiger partial charge in [-0.1, -0.05) is 11.6 Å². The number of aromatic carboxylic acids is 1. The average molecular weight is 434 g/mol. The van der Waals surface area contributed by atoms with Crippen molar-refractivity contribution in [2.45, 2.75) is 19.3 Å². The number of carbonyl (C=O) groups is 2. The minimum Gasteiger partial charge on any atom is -0.493 e. The summed E-state index contributed by atoms with van der Waals surface area (Å²) < 4.78 is 5.20. The topological polar surface area (TPSA) is 122 Å². The average Bonchev–Trinajstić information content (AvgIpc) is 2.73. The van der Waals surface area contributed by atoms with E-state index in [2.05, 4.69) is 5.32 Å². The zero-order valence-corrected chi connectivity index (χ0v) is 16.9. The third kappa shape index (κ3) is 4.46. The zero-order valence-electron chi connectivity index (χ0n) is 16.2. The Labute approximate surface area is 177 Å². The summed E-state index contributed by atoms with van der Waals surface area (Å²) in [6.45, 7) is 1.48.